The van der Waals surface area contributed by atoms with Crippen LogP contribution in [0.5, 0.6) is 0 Å². The minimum absolute atomic E-state index is 0.0167. The predicted molar refractivity (Wildman–Crippen MR) is 74.2 cm³/mol. The summed E-state index contributed by atoms with van der Waals surface area (Å²) in [6.45, 7) is 3.25. The molecule has 4 N–H and O–H groups in total. The van der Waals surface area contributed by atoms with Crippen LogP contribution in [-0.2, 0) is 14.8 Å². The van der Waals surface area contributed by atoms with E-state index in [4.69, 9.17) is 28.9 Å². The summed E-state index contributed by atoms with van der Waals surface area (Å²) >= 11 is 11.5. The minimum Gasteiger partial charge on any atom is -0.396 e. The molecule has 1 amide bonds. The summed E-state index contributed by atoms with van der Waals surface area (Å²) in [6, 6.07) is 2.29. The van der Waals surface area contributed by atoms with E-state index in [1.807, 2.05) is 4.83 Å². The lowest BCUT2D eigenvalue weighted by atomic mass is 10.2. The highest BCUT2D eigenvalue weighted by atomic mass is 35.5. The minimum atomic E-state index is -3.96. The number of nitrogen functional groups attached to an aromatic ring is 1. The molecule has 0 bridgehead atoms. The molecule has 1 aromatic rings. The Morgan fingerprint density at radius 1 is 1.26 bits per heavy atom. The van der Waals surface area contributed by atoms with Crippen molar-refractivity contribution in [3.05, 3.63) is 22.2 Å². The average molecular weight is 326 g/mol. The molecule has 106 valence electrons. The second-order valence-electron chi connectivity index (χ2n) is 4.05. The number of carbonyl (C=O) groups is 1. The number of carbonyl (C=O) groups excluding carboxylic acids is 1. The third-order valence-corrected chi connectivity index (χ3v) is 4.05. The molecule has 0 fully saturated rings. The third kappa shape index (κ3) is 3.97. The number of rotatable bonds is 4. The van der Waals surface area contributed by atoms with Crippen LogP contribution < -0.4 is 16.0 Å². The fraction of sp³-hybridized carbons (Fsp3) is 0.300. The van der Waals surface area contributed by atoms with Crippen molar-refractivity contribution < 1.29 is 13.2 Å². The molecule has 0 radical (unpaired) electrons. The highest BCUT2D eigenvalue weighted by molar-refractivity contribution is 7.89. The van der Waals surface area contributed by atoms with Crippen LogP contribution in [0.3, 0.4) is 0 Å². The topological polar surface area (TPSA) is 101 Å². The van der Waals surface area contributed by atoms with E-state index >= 15 is 0 Å². The van der Waals surface area contributed by atoms with Gasteiger partial charge in [0.15, 0.2) is 0 Å². The zero-order chi connectivity index (χ0) is 14.8. The SMILES string of the molecule is CC(C)C(=O)NNS(=O)(=O)c1cc(Cl)c(N)c(Cl)c1. The highest BCUT2D eigenvalue weighted by Gasteiger charge is 2.19. The smallest absolute Gasteiger partial charge is 0.257 e. The maximum absolute atomic E-state index is 11.9. The number of benzene rings is 1. The van der Waals surface area contributed by atoms with Gasteiger partial charge in [-0.05, 0) is 12.1 Å². The van der Waals surface area contributed by atoms with Crippen molar-refractivity contribution in [3.8, 4) is 0 Å². The van der Waals surface area contributed by atoms with E-state index < -0.39 is 15.9 Å². The van der Waals surface area contributed by atoms with Gasteiger partial charge in [-0.15, -0.1) is 4.83 Å². The van der Waals surface area contributed by atoms with Crippen molar-refractivity contribution in [2.24, 2.45) is 5.92 Å². The number of amides is 1. The second kappa shape index (κ2) is 5.96. The normalized spacial score (nSPS) is 11.6. The molecule has 0 spiro atoms. The largest absolute Gasteiger partial charge is 0.396 e. The summed E-state index contributed by atoms with van der Waals surface area (Å²) in [5.74, 6) is -0.822. The van der Waals surface area contributed by atoms with Gasteiger partial charge in [0.05, 0.1) is 20.6 Å². The Morgan fingerprint density at radius 3 is 2.16 bits per heavy atom. The quantitative estimate of drug-likeness (QED) is 0.577. The first kappa shape index (κ1) is 16.0. The lowest BCUT2D eigenvalue weighted by Gasteiger charge is -2.11. The Bertz CT molecular complexity index is 579. The number of sulfonamides is 1. The van der Waals surface area contributed by atoms with Gasteiger partial charge >= 0.3 is 0 Å². The van der Waals surface area contributed by atoms with Crippen LogP contribution in [0.4, 0.5) is 5.69 Å². The van der Waals surface area contributed by atoms with E-state index in [2.05, 4.69) is 5.43 Å². The molecule has 0 aliphatic carbocycles. The Morgan fingerprint density at radius 2 is 1.74 bits per heavy atom. The number of hydrogen-bond donors (Lipinski definition) is 3. The fourth-order valence-electron chi connectivity index (χ4n) is 1.04. The van der Waals surface area contributed by atoms with E-state index in [1.54, 1.807) is 13.8 Å². The van der Waals surface area contributed by atoms with Crippen LogP contribution in [0.2, 0.25) is 10.0 Å². The Labute approximate surface area is 121 Å². The second-order valence-corrected chi connectivity index (χ2v) is 6.55. The number of anilines is 1. The first-order chi connectivity index (χ1) is 8.65. The van der Waals surface area contributed by atoms with Gasteiger partial charge in [0.2, 0.25) is 5.91 Å². The van der Waals surface area contributed by atoms with Gasteiger partial charge in [-0.25, -0.2) is 8.42 Å². The molecule has 0 aliphatic heterocycles. The van der Waals surface area contributed by atoms with Crippen LogP contribution in [0.25, 0.3) is 0 Å². The number of halogens is 2. The molecule has 0 aromatic heterocycles. The number of hydrazine groups is 1. The summed E-state index contributed by atoms with van der Waals surface area (Å²) in [7, 11) is -3.96. The van der Waals surface area contributed by atoms with Crippen molar-refractivity contribution in [2.75, 3.05) is 5.73 Å². The van der Waals surface area contributed by atoms with Crippen LogP contribution in [-0.4, -0.2) is 14.3 Å². The van der Waals surface area contributed by atoms with E-state index in [1.165, 1.54) is 0 Å². The van der Waals surface area contributed by atoms with Gasteiger partial charge in [0.1, 0.15) is 0 Å². The Kier molecular flexibility index (Phi) is 5.03. The van der Waals surface area contributed by atoms with E-state index in [-0.39, 0.29) is 26.5 Å². The highest BCUT2D eigenvalue weighted by Crippen LogP contribution is 2.30. The Hall–Kier alpha value is -1.02. The molecule has 0 aliphatic rings. The summed E-state index contributed by atoms with van der Waals surface area (Å²) < 4.78 is 23.8. The third-order valence-electron chi connectivity index (χ3n) is 2.20. The molecule has 1 rings (SSSR count). The average Bonchev–Trinajstić information content (AvgIpc) is 2.32. The van der Waals surface area contributed by atoms with Crippen LogP contribution in [0.15, 0.2) is 17.0 Å². The van der Waals surface area contributed by atoms with Gasteiger partial charge in [-0.1, -0.05) is 37.0 Å². The van der Waals surface area contributed by atoms with Crippen LogP contribution in [0, 0.1) is 5.92 Å². The van der Waals surface area contributed by atoms with Gasteiger partial charge in [0, 0.05) is 5.92 Å². The Balaban J connectivity index is 2.99. The summed E-state index contributed by atoms with van der Waals surface area (Å²) in [4.78, 5) is 13.0. The van der Waals surface area contributed by atoms with Gasteiger partial charge in [0.25, 0.3) is 10.0 Å². The molecule has 0 heterocycles. The van der Waals surface area contributed by atoms with Crippen LogP contribution in [0.1, 0.15) is 13.8 Å². The lowest BCUT2D eigenvalue weighted by Crippen LogP contribution is -2.43. The van der Waals surface area contributed by atoms with Crippen molar-refractivity contribution in [1.82, 2.24) is 10.3 Å². The fourth-order valence-corrected chi connectivity index (χ4v) is 2.55. The molecule has 0 saturated carbocycles. The summed E-state index contributed by atoms with van der Waals surface area (Å²) in [5, 5.41) is 0.0334. The molecular formula is C10H13Cl2N3O3S. The summed E-state index contributed by atoms with van der Waals surface area (Å²) in [6.07, 6.45) is 0. The predicted octanol–water partition coefficient (Wildman–Crippen LogP) is 1.54. The molecule has 9 heteroatoms. The number of nitrogens with two attached hydrogens (primary N) is 1. The van der Waals surface area contributed by atoms with Crippen molar-refractivity contribution >= 4 is 44.8 Å². The van der Waals surface area contributed by atoms with Gasteiger partial charge < -0.3 is 5.73 Å². The standard InChI is InChI=1S/C10H13Cl2N3O3S/c1-5(2)10(16)14-15-19(17,18)6-3-7(11)9(13)8(12)4-6/h3-5,15H,13H2,1-2H3,(H,14,16). The molecule has 6 nitrogen and oxygen atoms in total. The maximum Gasteiger partial charge on any atom is 0.257 e. The summed E-state index contributed by atoms with van der Waals surface area (Å²) in [5.41, 5.74) is 7.68. The van der Waals surface area contributed by atoms with E-state index in [0.717, 1.165) is 12.1 Å². The van der Waals surface area contributed by atoms with E-state index in [0.29, 0.717) is 0 Å². The molecule has 0 unspecified atom stereocenters. The van der Waals surface area contributed by atoms with Gasteiger partial charge in [-0.2, -0.15) is 0 Å². The first-order valence-corrected chi connectivity index (χ1v) is 7.45. The van der Waals surface area contributed by atoms with Crippen molar-refractivity contribution in [1.29, 1.82) is 0 Å². The van der Waals surface area contributed by atoms with Crippen molar-refractivity contribution in [2.45, 2.75) is 18.7 Å². The molecule has 1 aromatic carbocycles. The number of nitrogens with one attached hydrogen (secondary N) is 2. The monoisotopic (exact) mass is 325 g/mol. The van der Waals surface area contributed by atoms with Crippen LogP contribution >= 0.6 is 23.2 Å². The van der Waals surface area contributed by atoms with E-state index in [9.17, 15) is 13.2 Å². The van der Waals surface area contributed by atoms with Gasteiger partial charge in [-0.3, -0.25) is 10.2 Å². The zero-order valence-corrected chi connectivity index (χ0v) is 12.5. The first-order valence-electron chi connectivity index (χ1n) is 5.21. The lowest BCUT2D eigenvalue weighted by molar-refractivity contribution is -0.124. The molecular weight excluding hydrogens is 313 g/mol. The molecule has 19 heavy (non-hydrogen) atoms. The number of hydrogen-bond acceptors (Lipinski definition) is 4. The van der Waals surface area contributed by atoms with Crippen molar-refractivity contribution in [3.63, 3.8) is 0 Å². The molecule has 0 saturated heterocycles. The maximum atomic E-state index is 11.9. The zero-order valence-electron chi connectivity index (χ0n) is 10.2. The molecule has 0 atom stereocenters.